The van der Waals surface area contributed by atoms with E-state index in [0.29, 0.717) is 17.8 Å². The number of hydrogen-bond acceptors (Lipinski definition) is 7. The Morgan fingerprint density at radius 3 is 2.41 bits per heavy atom. The van der Waals surface area contributed by atoms with Crippen molar-refractivity contribution in [1.29, 1.82) is 0 Å². The van der Waals surface area contributed by atoms with E-state index in [9.17, 15) is 23.3 Å². The summed E-state index contributed by atoms with van der Waals surface area (Å²) < 4.78 is 27.7. The van der Waals surface area contributed by atoms with Crippen LogP contribution >= 0.6 is 12.2 Å². The molecule has 1 saturated carbocycles. The van der Waals surface area contributed by atoms with E-state index in [4.69, 9.17) is 17.0 Å². The molecule has 0 aromatic heterocycles. The van der Waals surface area contributed by atoms with Crippen molar-refractivity contribution < 1.29 is 22.9 Å². The van der Waals surface area contributed by atoms with E-state index in [1.165, 1.54) is 25.5 Å². The van der Waals surface area contributed by atoms with Crippen LogP contribution in [-0.4, -0.2) is 49.5 Å². The van der Waals surface area contributed by atoms with Gasteiger partial charge in [0, 0.05) is 36.0 Å². The van der Waals surface area contributed by atoms with Crippen LogP contribution in [0.15, 0.2) is 24.3 Å². The molecule has 0 radical (unpaired) electrons. The molecular weight excluding hydrogens is 416 g/mol. The Hall–Kier alpha value is -2.07. The summed E-state index contributed by atoms with van der Waals surface area (Å²) in [5.41, 5.74) is 0.425. The highest BCUT2D eigenvalue weighted by atomic mass is 32.2. The summed E-state index contributed by atoms with van der Waals surface area (Å²) in [5.74, 6) is -0.364. The number of rotatable bonds is 10. The minimum atomic E-state index is -3.03. The van der Waals surface area contributed by atoms with Gasteiger partial charge in [-0.05, 0) is 31.2 Å². The molecule has 0 bridgehead atoms. The largest absolute Gasteiger partial charge is 0.467 e. The Balaban J connectivity index is 2.07. The van der Waals surface area contributed by atoms with Crippen LogP contribution in [0.3, 0.4) is 0 Å². The van der Waals surface area contributed by atoms with Gasteiger partial charge in [0.1, 0.15) is 15.9 Å². The number of nitro groups is 1. The van der Waals surface area contributed by atoms with Crippen LogP contribution in [0.25, 0.3) is 0 Å². The smallest absolute Gasteiger partial charge is 0.328 e. The van der Waals surface area contributed by atoms with Gasteiger partial charge in [0.05, 0.1) is 17.0 Å². The topological polar surface area (TPSA) is 116 Å². The van der Waals surface area contributed by atoms with Gasteiger partial charge in [-0.1, -0.05) is 30.8 Å². The standard InChI is InChI=1S/C19H26N2O6S2/c1-27-17(22)16(13-14-5-7-15(8-6-14)21(23)24)20-18(28)19(9-3-10-19)11-4-12-29(2,25)26/h5-8,16H,3-4,9-13H2,1-2H3,(H,20,28). The lowest BCUT2D eigenvalue weighted by Gasteiger charge is -2.43. The van der Waals surface area contributed by atoms with Crippen LogP contribution in [0.5, 0.6) is 0 Å². The number of methoxy groups -OCH3 is 1. The average molecular weight is 443 g/mol. The van der Waals surface area contributed by atoms with Gasteiger partial charge >= 0.3 is 5.97 Å². The van der Waals surface area contributed by atoms with E-state index in [1.807, 2.05) is 0 Å². The van der Waals surface area contributed by atoms with Gasteiger partial charge in [-0.3, -0.25) is 10.1 Å². The SMILES string of the molecule is COC(=O)C(Cc1ccc([N+](=O)[O-])cc1)NC(=S)C1(CCCS(C)(=O)=O)CCC1. The molecule has 1 atom stereocenters. The molecule has 8 nitrogen and oxygen atoms in total. The molecule has 0 heterocycles. The highest BCUT2D eigenvalue weighted by molar-refractivity contribution is 7.90. The predicted molar refractivity (Wildman–Crippen MR) is 114 cm³/mol. The second-order valence-corrected chi connectivity index (χ2v) is 10.2. The van der Waals surface area contributed by atoms with Crippen LogP contribution in [0.2, 0.25) is 0 Å². The lowest BCUT2D eigenvalue weighted by Crippen LogP contribution is -2.51. The van der Waals surface area contributed by atoms with Gasteiger partial charge in [-0.25, -0.2) is 13.2 Å². The number of nitrogens with zero attached hydrogens (tertiary/aromatic N) is 1. The maximum atomic E-state index is 12.3. The lowest BCUT2D eigenvalue weighted by molar-refractivity contribution is -0.384. The fourth-order valence-corrected chi connectivity index (χ4v) is 4.62. The van der Waals surface area contributed by atoms with Crippen LogP contribution in [-0.2, 0) is 25.8 Å². The van der Waals surface area contributed by atoms with Crippen molar-refractivity contribution in [3.8, 4) is 0 Å². The van der Waals surface area contributed by atoms with Crippen molar-refractivity contribution in [2.45, 2.75) is 44.6 Å². The monoisotopic (exact) mass is 442 g/mol. The van der Waals surface area contributed by atoms with Crippen molar-refractivity contribution in [3.63, 3.8) is 0 Å². The number of esters is 1. The Bertz CT molecular complexity index is 863. The van der Waals surface area contributed by atoms with E-state index in [1.54, 1.807) is 12.1 Å². The third kappa shape index (κ3) is 6.46. The summed E-state index contributed by atoms with van der Waals surface area (Å²) >= 11 is 5.60. The summed E-state index contributed by atoms with van der Waals surface area (Å²) in [7, 11) is -1.74. The Morgan fingerprint density at radius 2 is 1.97 bits per heavy atom. The summed E-state index contributed by atoms with van der Waals surface area (Å²) in [5, 5.41) is 13.9. The molecule has 0 spiro atoms. The molecule has 0 saturated heterocycles. The Kier molecular flexibility index (Phi) is 7.70. The van der Waals surface area contributed by atoms with E-state index in [2.05, 4.69) is 5.32 Å². The maximum absolute atomic E-state index is 12.3. The first-order valence-corrected chi connectivity index (χ1v) is 11.8. The van der Waals surface area contributed by atoms with Crippen molar-refractivity contribution in [2.75, 3.05) is 19.1 Å². The first-order valence-electron chi connectivity index (χ1n) is 9.36. The van der Waals surface area contributed by atoms with Crippen LogP contribution in [0.1, 0.15) is 37.7 Å². The molecule has 29 heavy (non-hydrogen) atoms. The lowest BCUT2D eigenvalue weighted by atomic mass is 9.66. The molecule has 1 aliphatic carbocycles. The first kappa shape index (κ1) is 23.2. The average Bonchev–Trinajstić information content (AvgIpc) is 2.62. The van der Waals surface area contributed by atoms with E-state index in [-0.39, 0.29) is 23.3 Å². The number of nitro benzene ring substituents is 1. The number of sulfone groups is 1. The van der Waals surface area contributed by atoms with Crippen LogP contribution in [0, 0.1) is 15.5 Å². The van der Waals surface area contributed by atoms with E-state index < -0.39 is 26.8 Å². The third-order valence-electron chi connectivity index (χ3n) is 5.34. The molecule has 0 amide bonds. The quantitative estimate of drug-likeness (QED) is 0.254. The van der Waals surface area contributed by atoms with Gasteiger partial charge in [0.2, 0.25) is 0 Å². The van der Waals surface area contributed by atoms with Crippen molar-refractivity contribution in [2.24, 2.45) is 5.41 Å². The first-order chi connectivity index (χ1) is 13.6. The van der Waals surface area contributed by atoms with E-state index >= 15 is 0 Å². The van der Waals surface area contributed by atoms with Gasteiger partial charge in [-0.15, -0.1) is 0 Å². The van der Waals surface area contributed by atoms with Gasteiger partial charge in [-0.2, -0.15) is 0 Å². The number of benzene rings is 1. The number of carbonyl (C=O) groups is 1. The Labute approximate surface area is 176 Å². The molecule has 160 valence electrons. The van der Waals surface area contributed by atoms with Crippen LogP contribution in [0.4, 0.5) is 5.69 Å². The number of ether oxygens (including phenoxy) is 1. The normalized spacial score (nSPS) is 16.3. The second-order valence-electron chi connectivity index (χ2n) is 7.54. The highest BCUT2D eigenvalue weighted by Crippen LogP contribution is 2.45. The number of non-ortho nitro benzene ring substituents is 1. The molecule has 1 aromatic carbocycles. The molecular formula is C19H26N2O6S2. The van der Waals surface area contributed by atoms with Crippen molar-refractivity contribution >= 4 is 38.7 Å². The zero-order valence-corrected chi connectivity index (χ0v) is 18.2. The zero-order valence-electron chi connectivity index (χ0n) is 16.5. The summed E-state index contributed by atoms with van der Waals surface area (Å²) in [6, 6.07) is 5.26. The fourth-order valence-electron chi connectivity index (χ4n) is 3.50. The van der Waals surface area contributed by atoms with Gasteiger partial charge < -0.3 is 10.1 Å². The van der Waals surface area contributed by atoms with Crippen molar-refractivity contribution in [3.05, 3.63) is 39.9 Å². The van der Waals surface area contributed by atoms with E-state index in [0.717, 1.165) is 24.8 Å². The number of carbonyl (C=O) groups excluding carboxylic acids is 1. The number of nitrogens with one attached hydrogen (secondary N) is 1. The number of hydrogen-bond donors (Lipinski definition) is 1. The molecule has 1 aliphatic rings. The predicted octanol–water partition coefficient (Wildman–Crippen LogP) is 2.59. The summed E-state index contributed by atoms with van der Waals surface area (Å²) in [6.45, 7) is 0. The minimum Gasteiger partial charge on any atom is -0.467 e. The molecule has 0 aliphatic heterocycles. The van der Waals surface area contributed by atoms with Gasteiger partial charge in [0.25, 0.3) is 5.69 Å². The molecule has 2 rings (SSSR count). The van der Waals surface area contributed by atoms with Crippen LogP contribution < -0.4 is 5.32 Å². The zero-order chi connectivity index (χ0) is 21.7. The maximum Gasteiger partial charge on any atom is 0.328 e. The molecule has 1 aromatic rings. The number of thiocarbonyl (C=S) groups is 1. The summed E-state index contributed by atoms with van der Waals surface area (Å²) in [4.78, 5) is 23.1. The molecule has 10 heteroatoms. The highest BCUT2D eigenvalue weighted by Gasteiger charge is 2.42. The molecule has 1 N–H and O–H groups in total. The minimum absolute atomic E-state index is 0.0221. The Morgan fingerprint density at radius 1 is 1.34 bits per heavy atom. The fraction of sp³-hybridized carbons (Fsp3) is 0.579. The molecule has 1 unspecified atom stereocenters. The third-order valence-corrected chi connectivity index (χ3v) is 6.92. The second kappa shape index (κ2) is 9.62. The molecule has 1 fully saturated rings. The van der Waals surface area contributed by atoms with Crippen molar-refractivity contribution in [1.82, 2.24) is 5.32 Å². The summed E-state index contributed by atoms with van der Waals surface area (Å²) in [6.07, 6.45) is 5.37. The van der Waals surface area contributed by atoms with Gasteiger partial charge in [0.15, 0.2) is 0 Å².